The molecule has 0 spiro atoms. The van der Waals surface area contributed by atoms with Crippen molar-refractivity contribution in [1.82, 2.24) is 0 Å². The van der Waals surface area contributed by atoms with Crippen molar-refractivity contribution in [2.24, 2.45) is 0 Å². The summed E-state index contributed by atoms with van der Waals surface area (Å²) in [4.78, 5) is 0. The Morgan fingerprint density at radius 3 is 2.62 bits per heavy atom. The van der Waals surface area contributed by atoms with E-state index in [-0.39, 0.29) is 0 Å². The number of rotatable bonds is 2. The molecule has 1 aromatic rings. The predicted molar refractivity (Wildman–Crippen MR) is 60.9 cm³/mol. The second kappa shape index (κ2) is 3.97. The minimum Gasteiger partial charge on any atom is -0.496 e. The molecule has 16 heavy (non-hydrogen) atoms. The number of aryl methyl sites for hydroxylation is 1. The molecule has 1 heterocycles. The predicted octanol–water partition coefficient (Wildman–Crippen LogP) is 2.45. The topological polar surface area (TPSA) is 42.2 Å². The molecule has 3 nitrogen and oxygen atoms in total. The number of benzene rings is 1. The van der Waals surface area contributed by atoms with Crippen LogP contribution in [0, 0.1) is 18.3 Å². The van der Waals surface area contributed by atoms with Crippen molar-refractivity contribution in [3.8, 4) is 11.8 Å². The zero-order chi connectivity index (χ0) is 11.8. The normalized spacial score (nSPS) is 17.4. The van der Waals surface area contributed by atoms with Gasteiger partial charge in [-0.25, -0.2) is 0 Å². The molecule has 0 atom stereocenters. The fourth-order valence-corrected chi connectivity index (χ4v) is 2.22. The van der Waals surface area contributed by atoms with E-state index in [1.54, 1.807) is 13.2 Å². The van der Waals surface area contributed by atoms with Gasteiger partial charge in [-0.2, -0.15) is 5.26 Å². The summed E-state index contributed by atoms with van der Waals surface area (Å²) >= 11 is 6.02. The average Bonchev–Trinajstić information content (AvgIpc) is 2.16. The van der Waals surface area contributed by atoms with Gasteiger partial charge >= 0.3 is 0 Å². The Kier molecular flexibility index (Phi) is 2.79. The lowest BCUT2D eigenvalue weighted by Crippen LogP contribution is -2.45. The summed E-state index contributed by atoms with van der Waals surface area (Å²) in [5.74, 6) is 0.731. The summed E-state index contributed by atoms with van der Waals surface area (Å²) in [5, 5.41) is 9.88. The van der Waals surface area contributed by atoms with Crippen LogP contribution in [-0.2, 0) is 10.2 Å². The highest BCUT2D eigenvalue weighted by Gasteiger charge is 2.43. The Labute approximate surface area is 99.5 Å². The molecule has 0 saturated carbocycles. The van der Waals surface area contributed by atoms with Crippen LogP contribution >= 0.6 is 11.6 Å². The SMILES string of the molecule is COc1c(C)cc(Cl)cc1C1(C#N)COC1. The summed E-state index contributed by atoms with van der Waals surface area (Å²) in [6, 6.07) is 5.92. The molecule has 84 valence electrons. The van der Waals surface area contributed by atoms with E-state index in [0.29, 0.717) is 18.2 Å². The van der Waals surface area contributed by atoms with Gasteiger partial charge in [-0.1, -0.05) is 11.6 Å². The lowest BCUT2D eigenvalue weighted by molar-refractivity contribution is -0.0307. The van der Waals surface area contributed by atoms with Crippen molar-refractivity contribution in [2.45, 2.75) is 12.3 Å². The fraction of sp³-hybridized carbons (Fsp3) is 0.417. The molecule has 0 N–H and O–H groups in total. The number of hydrogen-bond donors (Lipinski definition) is 0. The summed E-state index contributed by atoms with van der Waals surface area (Å²) in [6.45, 7) is 2.72. The molecule has 1 saturated heterocycles. The summed E-state index contributed by atoms with van der Waals surface area (Å²) in [5.41, 5.74) is 1.17. The maximum atomic E-state index is 9.26. The standard InChI is InChI=1S/C12H12ClNO2/c1-8-3-9(13)4-10(11(8)15-2)12(5-14)6-16-7-12/h3-4H,6-7H2,1-2H3. The van der Waals surface area contributed by atoms with E-state index >= 15 is 0 Å². The molecule has 0 aromatic heterocycles. The first-order valence-electron chi connectivity index (χ1n) is 4.96. The third-order valence-electron chi connectivity index (χ3n) is 2.87. The van der Waals surface area contributed by atoms with E-state index in [1.807, 2.05) is 13.0 Å². The van der Waals surface area contributed by atoms with Crippen LogP contribution in [0.15, 0.2) is 12.1 Å². The number of methoxy groups -OCH3 is 1. The van der Waals surface area contributed by atoms with Gasteiger partial charge < -0.3 is 9.47 Å². The summed E-state index contributed by atoms with van der Waals surface area (Å²) in [6.07, 6.45) is 0. The highest BCUT2D eigenvalue weighted by Crippen LogP contribution is 2.40. The molecule has 1 aliphatic rings. The van der Waals surface area contributed by atoms with Crippen LogP contribution in [0.4, 0.5) is 0 Å². The van der Waals surface area contributed by atoms with Gasteiger partial charge in [-0.3, -0.25) is 0 Å². The lowest BCUT2D eigenvalue weighted by Gasteiger charge is -2.36. The molecule has 0 aliphatic carbocycles. The van der Waals surface area contributed by atoms with Crippen molar-refractivity contribution in [3.05, 3.63) is 28.3 Å². The maximum Gasteiger partial charge on any atom is 0.132 e. The van der Waals surface area contributed by atoms with E-state index in [4.69, 9.17) is 21.1 Å². The average molecular weight is 238 g/mol. The molecule has 4 heteroatoms. The van der Waals surface area contributed by atoms with E-state index in [0.717, 1.165) is 16.9 Å². The molecule has 0 radical (unpaired) electrons. The first kappa shape index (κ1) is 11.3. The number of hydrogen-bond acceptors (Lipinski definition) is 3. The Bertz CT molecular complexity index is 461. The van der Waals surface area contributed by atoms with E-state index in [1.165, 1.54) is 0 Å². The smallest absolute Gasteiger partial charge is 0.132 e. The molecule has 2 rings (SSSR count). The molecular formula is C12H12ClNO2. The van der Waals surface area contributed by atoms with Crippen LogP contribution in [0.2, 0.25) is 5.02 Å². The van der Waals surface area contributed by atoms with Crippen LogP contribution in [0.25, 0.3) is 0 Å². The molecular weight excluding hydrogens is 226 g/mol. The van der Waals surface area contributed by atoms with Crippen molar-refractivity contribution >= 4 is 11.6 Å². The highest BCUT2D eigenvalue weighted by molar-refractivity contribution is 6.30. The van der Waals surface area contributed by atoms with Crippen LogP contribution in [0.5, 0.6) is 5.75 Å². The van der Waals surface area contributed by atoms with Gasteiger partial charge in [0.2, 0.25) is 0 Å². The molecule has 1 aliphatic heterocycles. The molecule has 0 bridgehead atoms. The maximum absolute atomic E-state index is 9.26. The lowest BCUT2D eigenvalue weighted by atomic mass is 9.79. The number of ether oxygens (including phenoxy) is 2. The van der Waals surface area contributed by atoms with E-state index in [9.17, 15) is 5.26 Å². The first-order chi connectivity index (χ1) is 7.63. The van der Waals surface area contributed by atoms with Gasteiger partial charge in [0, 0.05) is 10.6 Å². The van der Waals surface area contributed by atoms with Crippen molar-refractivity contribution in [2.75, 3.05) is 20.3 Å². The van der Waals surface area contributed by atoms with Crippen molar-refractivity contribution < 1.29 is 9.47 Å². The Hall–Kier alpha value is -1.24. The highest BCUT2D eigenvalue weighted by atomic mass is 35.5. The van der Waals surface area contributed by atoms with E-state index in [2.05, 4.69) is 6.07 Å². The van der Waals surface area contributed by atoms with Gasteiger partial charge in [0.1, 0.15) is 11.2 Å². The molecule has 1 fully saturated rings. The Morgan fingerprint density at radius 1 is 1.50 bits per heavy atom. The second-order valence-electron chi connectivity index (χ2n) is 3.99. The molecule has 0 amide bonds. The minimum absolute atomic E-state index is 0.402. The number of nitrogens with zero attached hydrogens (tertiary/aromatic N) is 1. The molecule has 0 unspecified atom stereocenters. The second-order valence-corrected chi connectivity index (χ2v) is 4.43. The zero-order valence-corrected chi connectivity index (χ0v) is 9.97. The van der Waals surface area contributed by atoms with Gasteiger partial charge in [0.05, 0.1) is 26.4 Å². The van der Waals surface area contributed by atoms with Crippen LogP contribution < -0.4 is 4.74 Å². The van der Waals surface area contributed by atoms with E-state index < -0.39 is 5.41 Å². The van der Waals surface area contributed by atoms with Gasteiger partial charge in [-0.05, 0) is 24.6 Å². The van der Waals surface area contributed by atoms with Crippen LogP contribution in [0.1, 0.15) is 11.1 Å². The minimum atomic E-state index is -0.596. The van der Waals surface area contributed by atoms with Gasteiger partial charge in [0.15, 0.2) is 0 Å². The zero-order valence-electron chi connectivity index (χ0n) is 9.21. The third-order valence-corrected chi connectivity index (χ3v) is 3.09. The van der Waals surface area contributed by atoms with Gasteiger partial charge in [-0.15, -0.1) is 0 Å². The van der Waals surface area contributed by atoms with Crippen LogP contribution in [-0.4, -0.2) is 20.3 Å². The monoisotopic (exact) mass is 237 g/mol. The largest absolute Gasteiger partial charge is 0.496 e. The third kappa shape index (κ3) is 1.55. The number of halogens is 1. The fourth-order valence-electron chi connectivity index (χ4n) is 1.94. The quantitative estimate of drug-likeness (QED) is 0.794. The van der Waals surface area contributed by atoms with Crippen molar-refractivity contribution in [1.29, 1.82) is 5.26 Å². The first-order valence-corrected chi connectivity index (χ1v) is 5.34. The van der Waals surface area contributed by atoms with Crippen LogP contribution in [0.3, 0.4) is 0 Å². The van der Waals surface area contributed by atoms with Crippen molar-refractivity contribution in [3.63, 3.8) is 0 Å². The number of nitriles is 1. The van der Waals surface area contributed by atoms with Gasteiger partial charge in [0.25, 0.3) is 0 Å². The Morgan fingerprint density at radius 2 is 2.19 bits per heavy atom. The molecule has 1 aromatic carbocycles. The Balaban J connectivity index is 2.59. The summed E-state index contributed by atoms with van der Waals surface area (Å²) in [7, 11) is 1.60. The summed E-state index contributed by atoms with van der Waals surface area (Å²) < 4.78 is 10.5.